The summed E-state index contributed by atoms with van der Waals surface area (Å²) >= 11 is 0. The van der Waals surface area contributed by atoms with Gasteiger partial charge in [-0.1, -0.05) is 0 Å². The van der Waals surface area contributed by atoms with Crippen molar-refractivity contribution in [3.63, 3.8) is 0 Å². The summed E-state index contributed by atoms with van der Waals surface area (Å²) in [5.41, 5.74) is 5.87. The highest BCUT2D eigenvalue weighted by atomic mass is 32.2. The monoisotopic (exact) mass is 248 g/mol. The molecule has 3 atom stereocenters. The summed E-state index contributed by atoms with van der Waals surface area (Å²) < 4.78 is 28.4. The predicted octanol–water partition coefficient (Wildman–Crippen LogP) is -0.778. The van der Waals surface area contributed by atoms with Gasteiger partial charge in [0.2, 0.25) is 0 Å². The molecule has 0 bridgehead atoms. The Balaban J connectivity index is 1.91. The molecule has 0 radical (unpaired) electrons. The quantitative estimate of drug-likeness (QED) is 0.709. The van der Waals surface area contributed by atoms with Crippen LogP contribution in [0.15, 0.2) is 0 Å². The molecule has 3 unspecified atom stereocenters. The Morgan fingerprint density at radius 1 is 1.44 bits per heavy atom. The first-order chi connectivity index (χ1) is 7.48. The summed E-state index contributed by atoms with van der Waals surface area (Å²) in [5, 5.41) is 0. The Kier molecular flexibility index (Phi) is 3.53. The molecule has 2 rings (SSSR count). The summed E-state index contributed by atoms with van der Waals surface area (Å²) in [5.74, 6) is 0.310. The summed E-state index contributed by atoms with van der Waals surface area (Å²) in [6.07, 6.45) is 2.42. The topological polar surface area (TPSA) is 72.6 Å². The normalized spacial score (nSPS) is 38.3. The minimum atomic E-state index is -2.93. The van der Waals surface area contributed by atoms with Crippen molar-refractivity contribution in [3.8, 4) is 0 Å². The van der Waals surface area contributed by atoms with Crippen LogP contribution in [-0.2, 0) is 14.6 Å². The molecule has 2 N–H and O–H groups in total. The highest BCUT2D eigenvalue weighted by Gasteiger charge is 2.38. The number of likely N-dealkylation sites (N-methyl/N-ethyl adjacent to an activating group) is 1. The van der Waals surface area contributed by atoms with Crippen molar-refractivity contribution in [1.82, 2.24) is 4.90 Å². The van der Waals surface area contributed by atoms with Gasteiger partial charge in [-0.15, -0.1) is 0 Å². The lowest BCUT2D eigenvalue weighted by Crippen LogP contribution is -2.47. The van der Waals surface area contributed by atoms with E-state index in [1.807, 2.05) is 11.9 Å². The van der Waals surface area contributed by atoms with Crippen molar-refractivity contribution in [1.29, 1.82) is 0 Å². The first-order valence-corrected chi connectivity index (χ1v) is 7.58. The Morgan fingerprint density at radius 3 is 2.69 bits per heavy atom. The fourth-order valence-electron chi connectivity index (χ4n) is 2.56. The highest BCUT2D eigenvalue weighted by molar-refractivity contribution is 7.91. The molecule has 0 saturated carbocycles. The Morgan fingerprint density at radius 2 is 2.19 bits per heavy atom. The Labute approximate surface area is 96.9 Å². The third-order valence-electron chi connectivity index (χ3n) is 3.45. The average Bonchev–Trinajstić information content (AvgIpc) is 2.73. The van der Waals surface area contributed by atoms with Crippen LogP contribution >= 0.6 is 0 Å². The highest BCUT2D eigenvalue weighted by Crippen LogP contribution is 2.19. The average molecular weight is 248 g/mol. The third kappa shape index (κ3) is 2.74. The van der Waals surface area contributed by atoms with E-state index < -0.39 is 9.84 Å². The SMILES string of the molecule is CN(CC1CCCO1)C1CS(=O)(=O)CC1N. The van der Waals surface area contributed by atoms with Crippen molar-refractivity contribution in [2.24, 2.45) is 5.73 Å². The second kappa shape index (κ2) is 4.60. The van der Waals surface area contributed by atoms with Gasteiger partial charge in [-0.2, -0.15) is 0 Å². The molecule has 2 saturated heterocycles. The van der Waals surface area contributed by atoms with Gasteiger partial charge in [0.1, 0.15) is 0 Å². The van der Waals surface area contributed by atoms with Gasteiger partial charge in [-0.25, -0.2) is 8.42 Å². The zero-order valence-corrected chi connectivity index (χ0v) is 10.4. The lowest BCUT2D eigenvalue weighted by atomic mass is 10.1. The maximum atomic E-state index is 11.5. The molecule has 94 valence electrons. The maximum Gasteiger partial charge on any atom is 0.153 e. The molecule has 0 aromatic carbocycles. The molecule has 0 aromatic heterocycles. The van der Waals surface area contributed by atoms with Gasteiger partial charge in [0, 0.05) is 25.2 Å². The second-order valence-electron chi connectivity index (χ2n) is 4.88. The van der Waals surface area contributed by atoms with Crippen LogP contribution in [0.3, 0.4) is 0 Å². The van der Waals surface area contributed by atoms with E-state index in [0.29, 0.717) is 0 Å². The fourth-order valence-corrected chi connectivity index (χ4v) is 4.52. The van der Waals surface area contributed by atoms with E-state index in [0.717, 1.165) is 26.0 Å². The van der Waals surface area contributed by atoms with Crippen molar-refractivity contribution < 1.29 is 13.2 Å². The minimum Gasteiger partial charge on any atom is -0.377 e. The Bertz CT molecular complexity index is 338. The van der Waals surface area contributed by atoms with Crippen LogP contribution in [0.5, 0.6) is 0 Å². The first kappa shape index (κ1) is 12.3. The van der Waals surface area contributed by atoms with Crippen LogP contribution in [0, 0.1) is 0 Å². The number of rotatable bonds is 3. The third-order valence-corrected chi connectivity index (χ3v) is 5.19. The predicted molar refractivity (Wildman–Crippen MR) is 62.0 cm³/mol. The van der Waals surface area contributed by atoms with Gasteiger partial charge in [0.15, 0.2) is 9.84 Å². The van der Waals surface area contributed by atoms with Crippen LogP contribution < -0.4 is 5.73 Å². The first-order valence-electron chi connectivity index (χ1n) is 5.76. The fraction of sp³-hybridized carbons (Fsp3) is 1.00. The van der Waals surface area contributed by atoms with E-state index in [-0.39, 0.29) is 29.7 Å². The van der Waals surface area contributed by atoms with Gasteiger partial charge in [-0.3, -0.25) is 4.90 Å². The molecule has 6 heteroatoms. The van der Waals surface area contributed by atoms with E-state index >= 15 is 0 Å². The molecule has 2 aliphatic rings. The molecule has 0 spiro atoms. The molecule has 2 aliphatic heterocycles. The summed E-state index contributed by atoms with van der Waals surface area (Å²) in [7, 11) is -0.993. The van der Waals surface area contributed by atoms with Gasteiger partial charge in [0.05, 0.1) is 17.6 Å². The number of hydrogen-bond acceptors (Lipinski definition) is 5. The lowest BCUT2D eigenvalue weighted by Gasteiger charge is -2.28. The molecule has 2 heterocycles. The molecule has 0 amide bonds. The largest absolute Gasteiger partial charge is 0.377 e. The molecule has 16 heavy (non-hydrogen) atoms. The van der Waals surface area contributed by atoms with Crippen LogP contribution in [-0.4, -0.2) is 63.2 Å². The van der Waals surface area contributed by atoms with Crippen molar-refractivity contribution in [2.75, 3.05) is 31.7 Å². The van der Waals surface area contributed by atoms with Gasteiger partial charge in [0.25, 0.3) is 0 Å². The number of hydrogen-bond donors (Lipinski definition) is 1. The molecular weight excluding hydrogens is 228 g/mol. The summed E-state index contributed by atoms with van der Waals surface area (Å²) in [6.45, 7) is 1.61. The maximum absolute atomic E-state index is 11.5. The van der Waals surface area contributed by atoms with Crippen LogP contribution in [0.1, 0.15) is 12.8 Å². The smallest absolute Gasteiger partial charge is 0.153 e. The molecule has 0 aromatic rings. The van der Waals surface area contributed by atoms with Crippen LogP contribution in [0.4, 0.5) is 0 Å². The van der Waals surface area contributed by atoms with Crippen molar-refractivity contribution in [3.05, 3.63) is 0 Å². The van der Waals surface area contributed by atoms with Gasteiger partial charge in [-0.05, 0) is 19.9 Å². The molecule has 0 aliphatic carbocycles. The van der Waals surface area contributed by atoms with Crippen LogP contribution in [0.25, 0.3) is 0 Å². The number of ether oxygens (including phenoxy) is 1. The number of nitrogens with two attached hydrogens (primary N) is 1. The van der Waals surface area contributed by atoms with Crippen LogP contribution in [0.2, 0.25) is 0 Å². The summed E-state index contributed by atoms with van der Waals surface area (Å²) in [4.78, 5) is 2.05. The van der Waals surface area contributed by atoms with E-state index in [2.05, 4.69) is 0 Å². The lowest BCUT2D eigenvalue weighted by molar-refractivity contribution is 0.0692. The minimum absolute atomic E-state index is 0.0470. The molecule has 2 fully saturated rings. The van der Waals surface area contributed by atoms with Crippen molar-refractivity contribution >= 4 is 9.84 Å². The van der Waals surface area contributed by atoms with Crippen molar-refractivity contribution in [2.45, 2.75) is 31.0 Å². The zero-order valence-electron chi connectivity index (χ0n) is 9.63. The van der Waals surface area contributed by atoms with E-state index in [1.54, 1.807) is 0 Å². The molecular formula is C10H20N2O3S. The molecule has 5 nitrogen and oxygen atoms in total. The summed E-state index contributed by atoms with van der Waals surface area (Å²) in [6, 6.07) is -0.300. The van der Waals surface area contributed by atoms with E-state index in [4.69, 9.17) is 10.5 Å². The van der Waals surface area contributed by atoms with Gasteiger partial charge >= 0.3 is 0 Å². The second-order valence-corrected chi connectivity index (χ2v) is 7.04. The van der Waals surface area contributed by atoms with E-state index in [1.165, 1.54) is 0 Å². The standard InChI is InChI=1S/C10H20N2O3S/c1-12(5-8-3-2-4-15-8)10-7-16(13,14)6-9(10)11/h8-10H,2-7,11H2,1H3. The number of sulfone groups is 1. The Hall–Kier alpha value is -0.170. The number of nitrogens with zero attached hydrogens (tertiary/aromatic N) is 1. The van der Waals surface area contributed by atoms with Gasteiger partial charge < -0.3 is 10.5 Å². The van der Waals surface area contributed by atoms with E-state index in [9.17, 15) is 8.42 Å². The zero-order chi connectivity index (χ0) is 11.8.